The van der Waals surface area contributed by atoms with Gasteiger partial charge in [0, 0.05) is 18.3 Å². The lowest BCUT2D eigenvalue weighted by Gasteiger charge is -2.15. The molecule has 1 atom stereocenters. The summed E-state index contributed by atoms with van der Waals surface area (Å²) in [6.45, 7) is 2.77. The van der Waals surface area contributed by atoms with Gasteiger partial charge in [0.15, 0.2) is 17.5 Å². The summed E-state index contributed by atoms with van der Waals surface area (Å²) in [5.41, 5.74) is 0.759. The number of halogens is 1. The first kappa shape index (κ1) is 21.3. The Morgan fingerprint density at radius 1 is 1.11 bits per heavy atom. The lowest BCUT2D eigenvalue weighted by Crippen LogP contribution is -2.32. The van der Waals surface area contributed by atoms with Crippen LogP contribution in [0, 0.1) is 5.82 Å². The van der Waals surface area contributed by atoms with E-state index in [0.717, 1.165) is 5.69 Å². The van der Waals surface area contributed by atoms with Gasteiger partial charge in [-0.3, -0.25) is 4.99 Å². The molecule has 2 rings (SSSR count). The van der Waals surface area contributed by atoms with E-state index in [0.29, 0.717) is 29.8 Å². The van der Waals surface area contributed by atoms with Crippen molar-refractivity contribution < 1.29 is 23.7 Å². The highest BCUT2D eigenvalue weighted by molar-refractivity contribution is 5.93. The molecule has 28 heavy (non-hydrogen) atoms. The Bertz CT molecular complexity index is 769. The molecule has 152 valence electrons. The van der Waals surface area contributed by atoms with Crippen molar-refractivity contribution >= 4 is 11.6 Å². The topological polar surface area (TPSA) is 84.3 Å². The first-order valence-corrected chi connectivity index (χ1v) is 8.89. The van der Waals surface area contributed by atoms with Gasteiger partial charge in [-0.25, -0.2) is 4.39 Å². The summed E-state index contributed by atoms with van der Waals surface area (Å²) in [6, 6.07) is 11.0. The molecule has 1 unspecified atom stereocenters. The van der Waals surface area contributed by atoms with E-state index >= 15 is 0 Å². The van der Waals surface area contributed by atoms with Gasteiger partial charge in [0.05, 0.1) is 20.8 Å². The maximum atomic E-state index is 12.9. The van der Waals surface area contributed by atoms with Gasteiger partial charge in [0.25, 0.3) is 0 Å². The van der Waals surface area contributed by atoms with Gasteiger partial charge in [0.2, 0.25) is 0 Å². The molecule has 2 aromatic rings. The van der Waals surface area contributed by atoms with E-state index in [1.54, 1.807) is 26.4 Å². The van der Waals surface area contributed by atoms with E-state index in [1.165, 1.54) is 24.3 Å². The second-order valence-corrected chi connectivity index (χ2v) is 5.83. The van der Waals surface area contributed by atoms with Crippen molar-refractivity contribution in [2.45, 2.75) is 13.0 Å². The highest BCUT2D eigenvalue weighted by atomic mass is 19.1. The number of ether oxygens (including phenoxy) is 3. The predicted octanol–water partition coefficient (Wildman–Crippen LogP) is 2.66. The van der Waals surface area contributed by atoms with Crippen LogP contribution in [0.5, 0.6) is 17.2 Å². The number of guanidine groups is 1. The van der Waals surface area contributed by atoms with Crippen molar-refractivity contribution in [3.05, 3.63) is 48.3 Å². The fourth-order valence-electron chi connectivity index (χ4n) is 2.33. The van der Waals surface area contributed by atoms with Crippen molar-refractivity contribution in [2.75, 3.05) is 39.2 Å². The average Bonchev–Trinajstić information content (AvgIpc) is 2.71. The number of benzene rings is 2. The molecule has 0 spiro atoms. The Balaban J connectivity index is 1.94. The van der Waals surface area contributed by atoms with Gasteiger partial charge >= 0.3 is 0 Å². The number of aliphatic hydroxyl groups excluding tert-OH is 1. The number of aliphatic imine (C=N–C) groups is 1. The Labute approximate surface area is 164 Å². The van der Waals surface area contributed by atoms with E-state index in [2.05, 4.69) is 15.6 Å². The average molecular weight is 391 g/mol. The Kier molecular flexibility index (Phi) is 8.36. The minimum atomic E-state index is -0.814. The summed E-state index contributed by atoms with van der Waals surface area (Å²) in [6.07, 6.45) is -0.814. The summed E-state index contributed by atoms with van der Waals surface area (Å²) >= 11 is 0. The molecule has 0 heterocycles. The van der Waals surface area contributed by atoms with Crippen LogP contribution in [0.2, 0.25) is 0 Å². The number of nitrogens with zero attached hydrogens (tertiary/aromatic N) is 1. The van der Waals surface area contributed by atoms with Crippen LogP contribution in [0.4, 0.5) is 10.1 Å². The monoisotopic (exact) mass is 391 g/mol. The normalized spacial score (nSPS) is 12.2. The zero-order valence-corrected chi connectivity index (χ0v) is 16.2. The molecule has 0 fully saturated rings. The fraction of sp³-hybridized carbons (Fsp3) is 0.350. The molecular weight excluding hydrogens is 365 g/mol. The maximum Gasteiger partial charge on any atom is 0.195 e. The van der Waals surface area contributed by atoms with Crippen molar-refractivity contribution in [1.82, 2.24) is 5.32 Å². The largest absolute Gasteiger partial charge is 0.493 e. The van der Waals surface area contributed by atoms with Gasteiger partial charge in [-0.15, -0.1) is 0 Å². The van der Waals surface area contributed by atoms with Crippen LogP contribution in [-0.4, -0.2) is 51.1 Å². The lowest BCUT2D eigenvalue weighted by atomic mass is 10.2. The third-order valence-electron chi connectivity index (χ3n) is 3.71. The van der Waals surface area contributed by atoms with Crippen LogP contribution in [-0.2, 0) is 0 Å². The minimum absolute atomic E-state index is 0.0465. The van der Waals surface area contributed by atoms with Crippen LogP contribution in [0.15, 0.2) is 47.5 Å². The predicted molar refractivity (Wildman–Crippen MR) is 107 cm³/mol. The molecule has 0 aromatic heterocycles. The van der Waals surface area contributed by atoms with Crippen molar-refractivity contribution in [2.24, 2.45) is 4.99 Å². The summed E-state index contributed by atoms with van der Waals surface area (Å²) in [4.78, 5) is 4.37. The second kappa shape index (κ2) is 11.0. The fourth-order valence-corrected chi connectivity index (χ4v) is 2.33. The molecular formula is C20H26FN3O4. The van der Waals surface area contributed by atoms with Crippen molar-refractivity contribution in [3.63, 3.8) is 0 Å². The molecule has 3 N–H and O–H groups in total. The zero-order valence-electron chi connectivity index (χ0n) is 16.2. The number of rotatable bonds is 9. The van der Waals surface area contributed by atoms with Gasteiger partial charge in [-0.1, -0.05) is 0 Å². The molecule has 0 saturated carbocycles. The Hall–Kier alpha value is -3.00. The summed E-state index contributed by atoms with van der Waals surface area (Å²) in [5.74, 6) is 1.88. The number of anilines is 1. The van der Waals surface area contributed by atoms with Crippen molar-refractivity contribution in [1.29, 1.82) is 0 Å². The third kappa shape index (κ3) is 6.62. The van der Waals surface area contributed by atoms with Crippen LogP contribution in [0.25, 0.3) is 0 Å². The summed E-state index contributed by atoms with van der Waals surface area (Å²) < 4.78 is 28.8. The van der Waals surface area contributed by atoms with Crippen LogP contribution in [0.1, 0.15) is 6.92 Å². The molecule has 7 nitrogen and oxygen atoms in total. The van der Waals surface area contributed by atoms with Gasteiger partial charge in [-0.2, -0.15) is 0 Å². The Morgan fingerprint density at radius 3 is 2.46 bits per heavy atom. The Morgan fingerprint density at radius 2 is 1.82 bits per heavy atom. The zero-order chi connectivity index (χ0) is 20.4. The lowest BCUT2D eigenvalue weighted by molar-refractivity contribution is 0.114. The molecule has 0 radical (unpaired) electrons. The smallest absolute Gasteiger partial charge is 0.195 e. The second-order valence-electron chi connectivity index (χ2n) is 5.83. The number of nitrogens with one attached hydrogen (secondary N) is 2. The standard InChI is InChI=1S/C20H26FN3O4/c1-4-22-20(24-15-7-10-18(26-2)19(11-15)27-3)23-12-16(25)13-28-17-8-5-14(21)6-9-17/h5-11,16,25H,4,12-13H2,1-3H3,(H2,22,23,24). The third-order valence-corrected chi connectivity index (χ3v) is 3.71. The van der Waals surface area contributed by atoms with Gasteiger partial charge < -0.3 is 30.0 Å². The number of hydrogen-bond acceptors (Lipinski definition) is 5. The maximum absolute atomic E-state index is 12.9. The van der Waals surface area contributed by atoms with Crippen LogP contribution in [0.3, 0.4) is 0 Å². The van der Waals surface area contributed by atoms with E-state index < -0.39 is 6.10 Å². The van der Waals surface area contributed by atoms with E-state index in [9.17, 15) is 9.50 Å². The van der Waals surface area contributed by atoms with E-state index in [-0.39, 0.29) is 19.0 Å². The number of methoxy groups -OCH3 is 2. The molecule has 0 bridgehead atoms. The SMILES string of the molecule is CCNC(=NCC(O)COc1ccc(F)cc1)Nc1ccc(OC)c(OC)c1. The molecule has 0 aliphatic carbocycles. The first-order chi connectivity index (χ1) is 13.5. The van der Waals surface area contributed by atoms with Gasteiger partial charge in [-0.05, 0) is 43.3 Å². The van der Waals surface area contributed by atoms with E-state index in [1.807, 2.05) is 13.0 Å². The molecule has 0 aliphatic heterocycles. The van der Waals surface area contributed by atoms with Crippen LogP contribution >= 0.6 is 0 Å². The first-order valence-electron chi connectivity index (χ1n) is 8.89. The molecule has 0 aliphatic rings. The number of hydrogen-bond donors (Lipinski definition) is 3. The highest BCUT2D eigenvalue weighted by Gasteiger charge is 2.08. The van der Waals surface area contributed by atoms with Gasteiger partial charge in [0.1, 0.15) is 24.3 Å². The highest BCUT2D eigenvalue weighted by Crippen LogP contribution is 2.29. The molecule has 2 aromatic carbocycles. The van der Waals surface area contributed by atoms with E-state index in [4.69, 9.17) is 14.2 Å². The minimum Gasteiger partial charge on any atom is -0.493 e. The van der Waals surface area contributed by atoms with Crippen LogP contribution < -0.4 is 24.8 Å². The quantitative estimate of drug-likeness (QED) is 0.450. The van der Waals surface area contributed by atoms with Crippen molar-refractivity contribution in [3.8, 4) is 17.2 Å². The molecule has 0 saturated heterocycles. The summed E-state index contributed by atoms with van der Waals surface area (Å²) in [7, 11) is 3.14. The molecule has 0 amide bonds. The summed E-state index contributed by atoms with van der Waals surface area (Å²) in [5, 5.41) is 16.4. The number of aliphatic hydroxyl groups is 1. The molecule has 8 heteroatoms.